The van der Waals surface area contributed by atoms with E-state index in [-0.39, 0.29) is 12.6 Å². The highest BCUT2D eigenvalue weighted by molar-refractivity contribution is 5.74. The van der Waals surface area contributed by atoms with Gasteiger partial charge in [0.2, 0.25) is 0 Å². The highest BCUT2D eigenvalue weighted by atomic mass is 16.4. The van der Waals surface area contributed by atoms with Crippen LogP contribution in [0.5, 0.6) is 0 Å². The van der Waals surface area contributed by atoms with Crippen LogP contribution in [-0.2, 0) is 4.79 Å². The first-order valence-corrected chi connectivity index (χ1v) is 6.83. The first-order chi connectivity index (χ1) is 8.24. The van der Waals surface area contributed by atoms with Crippen molar-refractivity contribution in [3.63, 3.8) is 0 Å². The maximum Gasteiger partial charge on any atom is 0.321 e. The minimum Gasteiger partial charge on any atom is -0.480 e. The number of aliphatic carboxylic acids is 1. The summed E-state index contributed by atoms with van der Waals surface area (Å²) in [4.78, 5) is 13.5. The normalized spacial score (nSPS) is 23.9. The Morgan fingerprint density at radius 3 is 2.29 bits per heavy atom. The standard InChI is InChI=1S/C13H23NO3/c15-9-8-14(11-4-2-1-3-5-11)12(13(16)17)10-6-7-10/h10-12,15H,1-9H2,(H,16,17). The first kappa shape index (κ1) is 12.8. The largest absolute Gasteiger partial charge is 0.480 e. The molecule has 4 nitrogen and oxygen atoms in total. The molecule has 2 saturated carbocycles. The van der Waals surface area contributed by atoms with Gasteiger partial charge in [-0.25, -0.2) is 0 Å². The van der Waals surface area contributed by atoms with E-state index >= 15 is 0 Å². The predicted octanol–water partition coefficient (Wildman–Crippen LogP) is 1.48. The Kier molecular flexibility index (Phi) is 4.40. The molecule has 17 heavy (non-hydrogen) atoms. The van der Waals surface area contributed by atoms with Gasteiger partial charge in [-0.05, 0) is 31.6 Å². The summed E-state index contributed by atoms with van der Waals surface area (Å²) < 4.78 is 0. The zero-order valence-corrected chi connectivity index (χ0v) is 10.3. The number of hydrogen-bond donors (Lipinski definition) is 2. The first-order valence-electron chi connectivity index (χ1n) is 6.83. The van der Waals surface area contributed by atoms with Gasteiger partial charge in [0.05, 0.1) is 6.61 Å². The molecule has 98 valence electrons. The van der Waals surface area contributed by atoms with Crippen LogP contribution < -0.4 is 0 Å². The van der Waals surface area contributed by atoms with Crippen LogP contribution in [0.4, 0.5) is 0 Å². The van der Waals surface area contributed by atoms with Gasteiger partial charge in [-0.15, -0.1) is 0 Å². The summed E-state index contributed by atoms with van der Waals surface area (Å²) in [5.41, 5.74) is 0. The van der Waals surface area contributed by atoms with Crippen molar-refractivity contribution in [2.45, 2.75) is 57.0 Å². The van der Waals surface area contributed by atoms with Gasteiger partial charge in [0.15, 0.2) is 0 Å². The number of carbonyl (C=O) groups is 1. The average molecular weight is 241 g/mol. The zero-order valence-electron chi connectivity index (χ0n) is 10.3. The number of rotatable bonds is 6. The Balaban J connectivity index is 2.04. The molecule has 0 heterocycles. The Hall–Kier alpha value is -0.610. The molecular weight excluding hydrogens is 218 g/mol. The number of aliphatic hydroxyl groups excluding tert-OH is 1. The molecule has 0 radical (unpaired) electrons. The van der Waals surface area contributed by atoms with E-state index in [1.807, 2.05) is 0 Å². The molecule has 0 aliphatic heterocycles. The number of carboxylic acid groups (broad SMARTS) is 1. The third-order valence-electron chi connectivity index (χ3n) is 4.08. The Bertz CT molecular complexity index is 259. The lowest BCUT2D eigenvalue weighted by Gasteiger charge is -2.38. The van der Waals surface area contributed by atoms with E-state index in [1.54, 1.807) is 0 Å². The summed E-state index contributed by atoms with van der Waals surface area (Å²) >= 11 is 0. The smallest absolute Gasteiger partial charge is 0.321 e. The molecule has 0 saturated heterocycles. The highest BCUT2D eigenvalue weighted by Crippen LogP contribution is 2.37. The van der Waals surface area contributed by atoms with Gasteiger partial charge < -0.3 is 10.2 Å². The van der Waals surface area contributed by atoms with Crippen LogP contribution in [0.1, 0.15) is 44.9 Å². The quantitative estimate of drug-likeness (QED) is 0.739. The van der Waals surface area contributed by atoms with Gasteiger partial charge in [-0.1, -0.05) is 19.3 Å². The van der Waals surface area contributed by atoms with Gasteiger partial charge in [0, 0.05) is 12.6 Å². The van der Waals surface area contributed by atoms with Gasteiger partial charge in [-0.3, -0.25) is 9.69 Å². The molecule has 0 aromatic heterocycles. The summed E-state index contributed by atoms with van der Waals surface area (Å²) in [6.07, 6.45) is 7.92. The zero-order chi connectivity index (χ0) is 12.3. The van der Waals surface area contributed by atoms with Crippen molar-refractivity contribution in [2.24, 2.45) is 5.92 Å². The Morgan fingerprint density at radius 2 is 1.82 bits per heavy atom. The van der Waals surface area contributed by atoms with Crippen LogP contribution in [-0.4, -0.2) is 46.3 Å². The topological polar surface area (TPSA) is 60.8 Å². The molecule has 1 unspecified atom stereocenters. The second kappa shape index (κ2) is 5.83. The summed E-state index contributed by atoms with van der Waals surface area (Å²) in [6, 6.07) is 0.0165. The fourth-order valence-corrected chi connectivity index (χ4v) is 3.10. The van der Waals surface area contributed by atoms with Crippen molar-refractivity contribution in [3.8, 4) is 0 Å². The third kappa shape index (κ3) is 3.19. The number of aliphatic hydroxyl groups is 1. The van der Waals surface area contributed by atoms with Crippen molar-refractivity contribution < 1.29 is 15.0 Å². The molecule has 0 aromatic carbocycles. The van der Waals surface area contributed by atoms with E-state index in [0.717, 1.165) is 25.7 Å². The molecule has 1 atom stereocenters. The second-order valence-corrected chi connectivity index (χ2v) is 5.37. The number of nitrogens with zero attached hydrogens (tertiary/aromatic N) is 1. The molecule has 0 spiro atoms. The van der Waals surface area contributed by atoms with E-state index in [1.165, 1.54) is 19.3 Å². The molecule has 0 aromatic rings. The van der Waals surface area contributed by atoms with Gasteiger partial charge >= 0.3 is 5.97 Å². The minimum absolute atomic E-state index is 0.0625. The van der Waals surface area contributed by atoms with Gasteiger partial charge in [-0.2, -0.15) is 0 Å². The van der Waals surface area contributed by atoms with Crippen LogP contribution in [0.2, 0.25) is 0 Å². The average Bonchev–Trinajstić information content (AvgIpc) is 3.13. The summed E-state index contributed by atoms with van der Waals surface area (Å²) in [6.45, 7) is 0.575. The lowest BCUT2D eigenvalue weighted by molar-refractivity contribution is -0.146. The molecule has 0 bridgehead atoms. The van der Waals surface area contributed by atoms with Crippen LogP contribution in [0.3, 0.4) is 0 Å². The fraction of sp³-hybridized carbons (Fsp3) is 0.923. The molecule has 0 amide bonds. The Labute approximate surface area is 103 Å². The highest BCUT2D eigenvalue weighted by Gasteiger charge is 2.42. The van der Waals surface area contributed by atoms with Crippen LogP contribution in [0.15, 0.2) is 0 Å². The third-order valence-corrected chi connectivity index (χ3v) is 4.08. The maximum atomic E-state index is 11.4. The molecule has 4 heteroatoms. The lowest BCUT2D eigenvalue weighted by atomic mass is 9.92. The van der Waals surface area contributed by atoms with E-state index < -0.39 is 5.97 Å². The number of hydrogen-bond acceptors (Lipinski definition) is 3. The molecule has 2 aliphatic carbocycles. The van der Waals surface area contributed by atoms with Crippen molar-refractivity contribution in [2.75, 3.05) is 13.2 Å². The minimum atomic E-state index is -0.702. The SMILES string of the molecule is O=C(O)C(C1CC1)N(CCO)C1CCCCC1. The van der Waals surface area contributed by atoms with Crippen LogP contribution >= 0.6 is 0 Å². The van der Waals surface area contributed by atoms with E-state index in [9.17, 15) is 9.90 Å². The van der Waals surface area contributed by atoms with Crippen molar-refractivity contribution in [3.05, 3.63) is 0 Å². The molecule has 2 rings (SSSR count). The summed E-state index contributed by atoms with van der Waals surface area (Å²) in [5, 5.41) is 18.6. The summed E-state index contributed by atoms with van der Waals surface area (Å²) in [7, 11) is 0. The summed E-state index contributed by atoms with van der Waals surface area (Å²) in [5.74, 6) is -0.382. The Morgan fingerprint density at radius 1 is 1.18 bits per heavy atom. The van der Waals surface area contributed by atoms with Crippen molar-refractivity contribution in [1.82, 2.24) is 4.90 Å². The van der Waals surface area contributed by atoms with Crippen molar-refractivity contribution in [1.29, 1.82) is 0 Å². The van der Waals surface area contributed by atoms with E-state index in [2.05, 4.69) is 4.90 Å². The predicted molar refractivity (Wildman–Crippen MR) is 64.8 cm³/mol. The monoisotopic (exact) mass is 241 g/mol. The molecule has 2 fully saturated rings. The lowest BCUT2D eigenvalue weighted by Crippen LogP contribution is -2.50. The van der Waals surface area contributed by atoms with Crippen molar-refractivity contribution >= 4 is 5.97 Å². The molecular formula is C13H23NO3. The van der Waals surface area contributed by atoms with E-state index in [0.29, 0.717) is 18.5 Å². The fourth-order valence-electron chi connectivity index (χ4n) is 3.10. The van der Waals surface area contributed by atoms with Crippen LogP contribution in [0.25, 0.3) is 0 Å². The van der Waals surface area contributed by atoms with Crippen LogP contribution in [0, 0.1) is 5.92 Å². The molecule has 2 N–H and O–H groups in total. The molecule has 2 aliphatic rings. The van der Waals surface area contributed by atoms with E-state index in [4.69, 9.17) is 5.11 Å². The maximum absolute atomic E-state index is 11.4. The van der Waals surface area contributed by atoms with Gasteiger partial charge in [0.25, 0.3) is 0 Å². The number of carboxylic acids is 1. The van der Waals surface area contributed by atoms with Gasteiger partial charge in [0.1, 0.15) is 6.04 Å². The second-order valence-electron chi connectivity index (χ2n) is 5.37.